The summed E-state index contributed by atoms with van der Waals surface area (Å²) < 4.78 is 7.13. The fraction of sp³-hybridized carbons (Fsp3) is 0.417. The van der Waals surface area contributed by atoms with Crippen LogP contribution in [0.5, 0.6) is 0 Å². The summed E-state index contributed by atoms with van der Waals surface area (Å²) in [6, 6.07) is 1.73. The Morgan fingerprint density at radius 2 is 2.17 bits per heavy atom. The van der Waals surface area contributed by atoms with Crippen LogP contribution in [0.15, 0.2) is 18.5 Å². The predicted octanol–water partition coefficient (Wildman–Crippen LogP) is 2.55. The molecular weight excluding hydrogens is 252 g/mol. The van der Waals surface area contributed by atoms with E-state index < -0.39 is 0 Å². The van der Waals surface area contributed by atoms with Gasteiger partial charge in [-0.1, -0.05) is 11.6 Å². The summed E-state index contributed by atoms with van der Waals surface area (Å²) in [5, 5.41) is 4.63. The normalized spacial score (nSPS) is 10.8. The first-order valence-corrected chi connectivity index (χ1v) is 6.24. The lowest BCUT2D eigenvalue weighted by Gasteiger charge is -2.03. The van der Waals surface area contributed by atoms with E-state index in [-0.39, 0.29) is 0 Å². The molecule has 0 saturated carbocycles. The summed E-state index contributed by atoms with van der Waals surface area (Å²) in [7, 11) is 0. The van der Waals surface area contributed by atoms with Gasteiger partial charge in [-0.15, -0.1) is 0 Å². The fourth-order valence-electron chi connectivity index (χ4n) is 1.54. The molecule has 0 aliphatic heterocycles. The van der Waals surface area contributed by atoms with E-state index in [1.54, 1.807) is 12.3 Å². The summed E-state index contributed by atoms with van der Waals surface area (Å²) in [6.07, 6.45) is 3.70. The summed E-state index contributed by atoms with van der Waals surface area (Å²) in [4.78, 5) is 8.54. The summed E-state index contributed by atoms with van der Waals surface area (Å²) >= 11 is 5.99. The highest BCUT2D eigenvalue weighted by molar-refractivity contribution is 6.29. The van der Waals surface area contributed by atoms with Crippen LogP contribution in [-0.4, -0.2) is 26.4 Å². The van der Waals surface area contributed by atoms with Crippen LogP contribution in [0, 0.1) is 0 Å². The minimum Gasteiger partial charge on any atom is -0.374 e. The van der Waals surface area contributed by atoms with Gasteiger partial charge in [-0.25, -0.2) is 9.97 Å². The molecule has 0 unspecified atom stereocenters. The van der Waals surface area contributed by atoms with Crippen molar-refractivity contribution in [2.24, 2.45) is 0 Å². The summed E-state index contributed by atoms with van der Waals surface area (Å²) in [6.45, 7) is 5.77. The quantitative estimate of drug-likeness (QED) is 0.781. The van der Waals surface area contributed by atoms with Gasteiger partial charge < -0.3 is 4.74 Å². The fourth-order valence-corrected chi connectivity index (χ4v) is 1.74. The van der Waals surface area contributed by atoms with Crippen LogP contribution in [0.25, 0.3) is 11.3 Å². The lowest BCUT2D eigenvalue weighted by atomic mass is 10.2. The van der Waals surface area contributed by atoms with Gasteiger partial charge >= 0.3 is 0 Å². The van der Waals surface area contributed by atoms with Crippen LogP contribution in [0.1, 0.15) is 19.7 Å². The second-order valence-corrected chi connectivity index (χ2v) is 4.10. The van der Waals surface area contributed by atoms with Crippen LogP contribution in [-0.2, 0) is 17.9 Å². The molecule has 2 rings (SSSR count). The first kappa shape index (κ1) is 13.0. The second-order valence-electron chi connectivity index (χ2n) is 3.71. The maximum absolute atomic E-state index is 5.99. The molecule has 0 radical (unpaired) electrons. The molecule has 18 heavy (non-hydrogen) atoms. The molecule has 0 aliphatic carbocycles. The van der Waals surface area contributed by atoms with Crippen molar-refractivity contribution in [3.05, 3.63) is 29.4 Å². The van der Waals surface area contributed by atoms with E-state index in [0.29, 0.717) is 24.2 Å². The van der Waals surface area contributed by atoms with E-state index in [1.165, 1.54) is 0 Å². The third kappa shape index (κ3) is 3.05. The van der Waals surface area contributed by atoms with Crippen molar-refractivity contribution in [3.63, 3.8) is 0 Å². The highest BCUT2D eigenvalue weighted by Gasteiger charge is 2.07. The van der Waals surface area contributed by atoms with Crippen LogP contribution in [0.2, 0.25) is 5.15 Å². The van der Waals surface area contributed by atoms with E-state index in [4.69, 9.17) is 16.3 Å². The molecule has 2 aromatic heterocycles. The van der Waals surface area contributed by atoms with E-state index in [0.717, 1.165) is 17.8 Å². The standard InChI is InChI=1S/C12H15ClN4O/c1-3-17-7-9(6-14-17)10-5-11(13)16-12(15-10)8-18-4-2/h5-7H,3-4,8H2,1-2H3. The van der Waals surface area contributed by atoms with Crippen molar-refractivity contribution < 1.29 is 4.74 Å². The van der Waals surface area contributed by atoms with Crippen molar-refractivity contribution in [2.45, 2.75) is 27.0 Å². The smallest absolute Gasteiger partial charge is 0.156 e. The minimum atomic E-state index is 0.367. The van der Waals surface area contributed by atoms with Crippen molar-refractivity contribution >= 4 is 11.6 Å². The third-order valence-corrected chi connectivity index (χ3v) is 2.62. The Balaban J connectivity index is 2.29. The first-order valence-electron chi connectivity index (χ1n) is 5.87. The van der Waals surface area contributed by atoms with E-state index >= 15 is 0 Å². The Morgan fingerprint density at radius 3 is 2.83 bits per heavy atom. The maximum Gasteiger partial charge on any atom is 0.156 e. The average molecular weight is 267 g/mol. The van der Waals surface area contributed by atoms with Gasteiger partial charge in [0.2, 0.25) is 0 Å². The SMILES string of the molecule is CCOCc1nc(Cl)cc(-c2cnn(CC)c2)n1. The topological polar surface area (TPSA) is 52.8 Å². The Bertz CT molecular complexity index is 527. The van der Waals surface area contributed by atoms with Crippen molar-refractivity contribution in [2.75, 3.05) is 6.61 Å². The third-order valence-electron chi connectivity index (χ3n) is 2.43. The molecule has 96 valence electrons. The second kappa shape index (κ2) is 5.93. The lowest BCUT2D eigenvalue weighted by molar-refractivity contribution is 0.128. The number of nitrogens with zero attached hydrogens (tertiary/aromatic N) is 4. The van der Waals surface area contributed by atoms with Crippen molar-refractivity contribution in [3.8, 4) is 11.3 Å². The van der Waals surface area contributed by atoms with E-state index in [2.05, 4.69) is 15.1 Å². The molecule has 0 aromatic carbocycles. The highest BCUT2D eigenvalue weighted by Crippen LogP contribution is 2.19. The number of hydrogen-bond donors (Lipinski definition) is 0. The molecule has 0 saturated heterocycles. The highest BCUT2D eigenvalue weighted by atomic mass is 35.5. The van der Waals surface area contributed by atoms with Gasteiger partial charge in [-0.05, 0) is 13.8 Å². The van der Waals surface area contributed by atoms with Gasteiger partial charge in [-0.3, -0.25) is 4.68 Å². The molecular formula is C12H15ClN4O. The number of aryl methyl sites for hydroxylation is 1. The molecule has 2 aromatic rings. The number of aromatic nitrogens is 4. The number of halogens is 1. The zero-order chi connectivity index (χ0) is 13.0. The van der Waals surface area contributed by atoms with Gasteiger partial charge in [0.05, 0.1) is 11.9 Å². The number of ether oxygens (including phenoxy) is 1. The van der Waals surface area contributed by atoms with E-state index in [1.807, 2.05) is 24.7 Å². The summed E-state index contributed by atoms with van der Waals surface area (Å²) in [5.74, 6) is 0.587. The zero-order valence-electron chi connectivity index (χ0n) is 10.4. The first-order chi connectivity index (χ1) is 8.72. The minimum absolute atomic E-state index is 0.367. The van der Waals surface area contributed by atoms with Crippen LogP contribution < -0.4 is 0 Å². The van der Waals surface area contributed by atoms with Crippen LogP contribution in [0.3, 0.4) is 0 Å². The predicted molar refractivity (Wildman–Crippen MR) is 69.3 cm³/mol. The van der Waals surface area contributed by atoms with Crippen LogP contribution >= 0.6 is 11.6 Å². The molecule has 0 atom stereocenters. The Labute approximate surface area is 111 Å². The van der Waals surface area contributed by atoms with Gasteiger partial charge in [0.25, 0.3) is 0 Å². The molecule has 0 bridgehead atoms. The van der Waals surface area contributed by atoms with Gasteiger partial charge in [0.1, 0.15) is 11.8 Å². The summed E-state index contributed by atoms with van der Waals surface area (Å²) in [5.41, 5.74) is 1.70. The van der Waals surface area contributed by atoms with Gasteiger partial charge in [0, 0.05) is 31.0 Å². The lowest BCUT2D eigenvalue weighted by Crippen LogP contribution is -2.00. The largest absolute Gasteiger partial charge is 0.374 e. The molecule has 0 fully saturated rings. The van der Waals surface area contributed by atoms with Gasteiger partial charge in [0.15, 0.2) is 5.82 Å². The van der Waals surface area contributed by atoms with Gasteiger partial charge in [-0.2, -0.15) is 5.10 Å². The van der Waals surface area contributed by atoms with Crippen LogP contribution in [0.4, 0.5) is 0 Å². The molecule has 0 aliphatic rings. The molecule has 2 heterocycles. The van der Waals surface area contributed by atoms with E-state index in [9.17, 15) is 0 Å². The zero-order valence-corrected chi connectivity index (χ0v) is 11.2. The monoisotopic (exact) mass is 266 g/mol. The van der Waals surface area contributed by atoms with Crippen molar-refractivity contribution in [1.29, 1.82) is 0 Å². The van der Waals surface area contributed by atoms with Crippen molar-refractivity contribution in [1.82, 2.24) is 19.7 Å². The number of rotatable bonds is 5. The maximum atomic E-state index is 5.99. The molecule has 0 spiro atoms. The Hall–Kier alpha value is -1.46. The molecule has 6 heteroatoms. The number of hydrogen-bond acceptors (Lipinski definition) is 4. The molecule has 0 N–H and O–H groups in total. The molecule has 0 amide bonds. The Morgan fingerprint density at radius 1 is 1.33 bits per heavy atom. The Kier molecular flexibility index (Phi) is 4.28. The average Bonchev–Trinajstić information content (AvgIpc) is 2.84. The molecule has 5 nitrogen and oxygen atoms in total.